The van der Waals surface area contributed by atoms with Crippen LogP contribution in [0.3, 0.4) is 0 Å². The Balaban J connectivity index is 1.84. The number of hydrogen-bond donors (Lipinski definition) is 3. The van der Waals surface area contributed by atoms with Crippen molar-refractivity contribution in [2.45, 2.75) is 39.2 Å². The summed E-state index contributed by atoms with van der Waals surface area (Å²) >= 11 is 0. The molecule has 4 aromatic rings. The largest absolute Gasteiger partial charge is 0.338 e. The van der Waals surface area contributed by atoms with Crippen molar-refractivity contribution in [3.05, 3.63) is 90.6 Å². The molecule has 1 amide bonds. The molecule has 10 nitrogen and oxygen atoms in total. The van der Waals surface area contributed by atoms with Gasteiger partial charge in [-0.15, -0.1) is 0 Å². The quantitative estimate of drug-likeness (QED) is 0.335. The first-order valence-electron chi connectivity index (χ1n) is 12.7. The monoisotopic (exact) mass is 532 g/mol. The van der Waals surface area contributed by atoms with Crippen LogP contribution >= 0.6 is 0 Å². The molecular weight excluding hydrogens is 503 g/mol. The molecule has 0 atom stereocenters. The van der Waals surface area contributed by atoms with Gasteiger partial charge in [0.1, 0.15) is 17.0 Å². The lowest BCUT2D eigenvalue weighted by molar-refractivity contribution is -0.116. The highest BCUT2D eigenvalue weighted by atomic mass is 19.1. The SMILES string of the molecule is Cc1ccc(Nc2c3c(=O)n(C4CC4)c(=O)n(-c4cccc(NC(=O)CCN)c4)c3c(C)c(=O)n2C)c(F)c1. The number of nitrogens with one attached hydrogen (secondary N) is 2. The minimum absolute atomic E-state index is 0.0731. The Bertz CT molecular complexity index is 1820. The molecule has 2 heterocycles. The number of pyridine rings is 1. The van der Waals surface area contributed by atoms with Crippen molar-refractivity contribution < 1.29 is 9.18 Å². The van der Waals surface area contributed by atoms with Gasteiger partial charge in [-0.2, -0.15) is 0 Å². The molecule has 2 aromatic carbocycles. The molecule has 5 rings (SSSR count). The fourth-order valence-electron chi connectivity index (χ4n) is 4.78. The predicted molar refractivity (Wildman–Crippen MR) is 149 cm³/mol. The van der Waals surface area contributed by atoms with Crippen molar-refractivity contribution in [1.82, 2.24) is 13.7 Å². The number of aryl methyl sites for hydroxylation is 2. The summed E-state index contributed by atoms with van der Waals surface area (Å²) in [6, 6.07) is 10.9. The van der Waals surface area contributed by atoms with Gasteiger partial charge < -0.3 is 16.4 Å². The van der Waals surface area contributed by atoms with E-state index in [1.807, 2.05) is 0 Å². The molecule has 202 valence electrons. The van der Waals surface area contributed by atoms with E-state index in [-0.39, 0.29) is 52.9 Å². The fraction of sp³-hybridized carbons (Fsp3) is 0.286. The van der Waals surface area contributed by atoms with Crippen LogP contribution in [0.4, 0.5) is 21.6 Å². The van der Waals surface area contributed by atoms with E-state index in [9.17, 15) is 23.6 Å². The van der Waals surface area contributed by atoms with E-state index in [1.165, 1.54) is 32.9 Å². The van der Waals surface area contributed by atoms with Gasteiger partial charge in [-0.3, -0.25) is 28.1 Å². The Morgan fingerprint density at radius 2 is 1.82 bits per heavy atom. The summed E-state index contributed by atoms with van der Waals surface area (Å²) in [5.74, 6) is -0.761. The molecule has 1 aliphatic rings. The highest BCUT2D eigenvalue weighted by Crippen LogP contribution is 2.34. The topological polar surface area (TPSA) is 133 Å². The molecule has 11 heteroatoms. The van der Waals surface area contributed by atoms with E-state index < -0.39 is 22.6 Å². The lowest BCUT2D eigenvalue weighted by atomic mass is 10.1. The van der Waals surface area contributed by atoms with Gasteiger partial charge in [0.2, 0.25) is 5.91 Å². The van der Waals surface area contributed by atoms with Gasteiger partial charge in [-0.05, 0) is 62.6 Å². The third-order valence-electron chi connectivity index (χ3n) is 6.89. The number of carbonyl (C=O) groups excluding carboxylic acids is 1. The number of nitrogens with zero attached hydrogens (tertiary/aromatic N) is 3. The van der Waals surface area contributed by atoms with Crippen LogP contribution in [0.1, 0.15) is 36.4 Å². The molecule has 1 fully saturated rings. The highest BCUT2D eigenvalue weighted by molar-refractivity contribution is 5.94. The Morgan fingerprint density at radius 1 is 1.08 bits per heavy atom. The number of amides is 1. The molecular formula is C28H29FN6O4. The Morgan fingerprint density at radius 3 is 2.49 bits per heavy atom. The van der Waals surface area contributed by atoms with Crippen LogP contribution in [-0.4, -0.2) is 26.2 Å². The van der Waals surface area contributed by atoms with Crippen molar-refractivity contribution in [3.63, 3.8) is 0 Å². The smallest absolute Gasteiger partial charge is 0.336 e. The summed E-state index contributed by atoms with van der Waals surface area (Å²) in [4.78, 5) is 53.3. The van der Waals surface area contributed by atoms with Crippen LogP contribution in [0.5, 0.6) is 0 Å². The molecule has 0 bridgehead atoms. The van der Waals surface area contributed by atoms with E-state index in [4.69, 9.17) is 5.73 Å². The van der Waals surface area contributed by atoms with Gasteiger partial charge >= 0.3 is 5.69 Å². The number of nitrogens with two attached hydrogens (primary N) is 1. The van der Waals surface area contributed by atoms with Gasteiger partial charge in [0.05, 0.1) is 16.9 Å². The van der Waals surface area contributed by atoms with Crippen molar-refractivity contribution in [1.29, 1.82) is 0 Å². The number of fused-ring (bicyclic) bond motifs is 1. The Labute approximate surface area is 222 Å². The van der Waals surface area contributed by atoms with Crippen LogP contribution in [0, 0.1) is 19.7 Å². The van der Waals surface area contributed by atoms with Gasteiger partial charge in [0, 0.05) is 37.3 Å². The molecule has 0 radical (unpaired) electrons. The first kappa shape index (κ1) is 26.1. The number of anilines is 3. The Hall–Kier alpha value is -4.51. The maximum atomic E-state index is 14.8. The summed E-state index contributed by atoms with van der Waals surface area (Å²) in [7, 11) is 1.49. The summed E-state index contributed by atoms with van der Waals surface area (Å²) in [6.45, 7) is 3.48. The fourth-order valence-corrected chi connectivity index (χ4v) is 4.78. The first-order valence-corrected chi connectivity index (χ1v) is 12.7. The van der Waals surface area contributed by atoms with Crippen molar-refractivity contribution in [3.8, 4) is 5.69 Å². The zero-order chi connectivity index (χ0) is 28.0. The van der Waals surface area contributed by atoms with E-state index in [0.29, 0.717) is 29.8 Å². The predicted octanol–water partition coefficient (Wildman–Crippen LogP) is 2.97. The van der Waals surface area contributed by atoms with Crippen LogP contribution < -0.4 is 33.2 Å². The van der Waals surface area contributed by atoms with Crippen molar-refractivity contribution in [2.75, 3.05) is 17.2 Å². The summed E-state index contributed by atoms with van der Waals surface area (Å²) < 4.78 is 18.6. The van der Waals surface area contributed by atoms with Gasteiger partial charge in [-0.1, -0.05) is 12.1 Å². The second-order valence-corrected chi connectivity index (χ2v) is 9.83. The van der Waals surface area contributed by atoms with E-state index in [1.54, 1.807) is 44.2 Å². The van der Waals surface area contributed by atoms with E-state index in [2.05, 4.69) is 10.6 Å². The van der Waals surface area contributed by atoms with Crippen molar-refractivity contribution in [2.24, 2.45) is 12.8 Å². The summed E-state index contributed by atoms with van der Waals surface area (Å²) in [5.41, 5.74) is 5.74. The molecule has 1 aliphatic carbocycles. The third-order valence-corrected chi connectivity index (χ3v) is 6.89. The molecule has 0 aliphatic heterocycles. The van der Waals surface area contributed by atoms with Crippen LogP contribution in [0.15, 0.2) is 56.8 Å². The maximum absolute atomic E-state index is 14.8. The first-order chi connectivity index (χ1) is 18.6. The maximum Gasteiger partial charge on any atom is 0.336 e. The number of carbonyl (C=O) groups is 1. The van der Waals surface area contributed by atoms with Gasteiger partial charge in [0.25, 0.3) is 11.1 Å². The van der Waals surface area contributed by atoms with E-state index >= 15 is 0 Å². The zero-order valence-corrected chi connectivity index (χ0v) is 21.9. The number of benzene rings is 2. The third kappa shape index (κ3) is 4.65. The molecule has 1 saturated carbocycles. The average Bonchev–Trinajstić information content (AvgIpc) is 3.72. The molecule has 0 unspecified atom stereocenters. The summed E-state index contributed by atoms with van der Waals surface area (Å²) in [5, 5.41) is 5.78. The lowest BCUT2D eigenvalue weighted by Crippen LogP contribution is -2.41. The zero-order valence-electron chi connectivity index (χ0n) is 21.9. The lowest BCUT2D eigenvalue weighted by Gasteiger charge is -2.21. The average molecular weight is 533 g/mol. The minimum Gasteiger partial charge on any atom is -0.338 e. The van der Waals surface area contributed by atoms with Crippen LogP contribution in [0.25, 0.3) is 16.6 Å². The standard InChI is InChI=1S/C28H29FN6O4/c1-15-7-10-21(20(29)13-15)32-25-23-24(16(2)26(37)33(25)3)34(28(39)35(27(23)38)18-8-9-18)19-6-4-5-17(14-19)31-22(36)11-12-30/h4-7,10,13-14,18,32H,8-9,11-12,30H2,1-3H3,(H,31,36). The number of rotatable bonds is 7. The van der Waals surface area contributed by atoms with Crippen molar-refractivity contribution >= 4 is 34.0 Å². The molecule has 0 spiro atoms. The van der Waals surface area contributed by atoms with Gasteiger partial charge in [-0.25, -0.2) is 9.18 Å². The second-order valence-electron chi connectivity index (χ2n) is 9.83. The normalized spacial score (nSPS) is 13.1. The number of halogens is 1. The Kier molecular flexibility index (Phi) is 6.69. The molecule has 4 N–H and O–H groups in total. The van der Waals surface area contributed by atoms with Gasteiger partial charge in [0.15, 0.2) is 0 Å². The minimum atomic E-state index is -0.593. The number of aromatic nitrogens is 3. The molecule has 39 heavy (non-hydrogen) atoms. The highest BCUT2D eigenvalue weighted by Gasteiger charge is 2.31. The van der Waals surface area contributed by atoms with Crippen LogP contribution in [0.2, 0.25) is 0 Å². The molecule has 2 aromatic heterocycles. The summed E-state index contributed by atoms with van der Waals surface area (Å²) in [6.07, 6.45) is 1.45. The van der Waals surface area contributed by atoms with Crippen LogP contribution in [-0.2, 0) is 11.8 Å². The second kappa shape index (κ2) is 9.99. The molecule has 0 saturated heterocycles. The number of hydrogen-bond acceptors (Lipinski definition) is 6. The van der Waals surface area contributed by atoms with E-state index in [0.717, 1.165) is 0 Å².